The van der Waals surface area contributed by atoms with Gasteiger partial charge in [0, 0.05) is 15.2 Å². The Kier molecular flexibility index (Phi) is 5.67. The Bertz CT molecular complexity index is 407. The Morgan fingerprint density at radius 1 is 1.21 bits per heavy atom. The number of carbonyl (C=O) groups excluding carboxylic acids is 1. The summed E-state index contributed by atoms with van der Waals surface area (Å²) in [4.78, 5) is 12.1. The van der Waals surface area contributed by atoms with Crippen LogP contribution in [0, 0.1) is 9.49 Å². The van der Waals surface area contributed by atoms with E-state index in [1.807, 2.05) is 24.3 Å². The van der Waals surface area contributed by atoms with Crippen molar-refractivity contribution in [1.29, 1.82) is 0 Å². The maximum Gasteiger partial charge on any atom is 0.251 e. The summed E-state index contributed by atoms with van der Waals surface area (Å²) in [5.74, 6) is 0.965. The molecule has 0 saturated heterocycles. The van der Waals surface area contributed by atoms with E-state index in [-0.39, 0.29) is 5.91 Å². The third-order valence-electron chi connectivity index (χ3n) is 3.99. The highest BCUT2D eigenvalue weighted by molar-refractivity contribution is 14.1. The van der Waals surface area contributed by atoms with E-state index in [0.717, 1.165) is 27.9 Å². The van der Waals surface area contributed by atoms with Crippen molar-refractivity contribution >= 4 is 28.5 Å². The minimum absolute atomic E-state index is 0.0790. The molecule has 0 aliphatic heterocycles. The fraction of sp³-hybridized carbons (Fsp3) is 0.562. The molecule has 104 valence electrons. The Morgan fingerprint density at radius 3 is 2.42 bits per heavy atom. The largest absolute Gasteiger partial charge is 0.349 e. The number of nitrogens with one attached hydrogen (secondary N) is 1. The van der Waals surface area contributed by atoms with Crippen LogP contribution in [0.4, 0.5) is 0 Å². The second-order valence-corrected chi connectivity index (χ2v) is 6.73. The molecule has 1 aliphatic rings. The normalized spacial score (nSPS) is 23.1. The molecule has 0 aromatic heterocycles. The van der Waals surface area contributed by atoms with E-state index >= 15 is 0 Å². The van der Waals surface area contributed by atoms with Crippen molar-refractivity contribution in [2.24, 2.45) is 5.92 Å². The van der Waals surface area contributed by atoms with Crippen LogP contribution in [0.2, 0.25) is 0 Å². The van der Waals surface area contributed by atoms with Crippen LogP contribution < -0.4 is 5.32 Å². The third kappa shape index (κ3) is 4.48. The molecule has 0 bridgehead atoms. The molecule has 1 N–H and O–H groups in total. The minimum atomic E-state index is 0.0790. The topological polar surface area (TPSA) is 29.1 Å². The molecule has 19 heavy (non-hydrogen) atoms. The zero-order valence-corrected chi connectivity index (χ0v) is 13.7. The Balaban J connectivity index is 1.82. The number of hydrogen-bond acceptors (Lipinski definition) is 1. The monoisotopic (exact) mass is 371 g/mol. The zero-order chi connectivity index (χ0) is 13.7. The van der Waals surface area contributed by atoms with Crippen LogP contribution in [-0.4, -0.2) is 11.9 Å². The Hall–Kier alpha value is -0.580. The van der Waals surface area contributed by atoms with Gasteiger partial charge in [0.15, 0.2) is 0 Å². The molecular formula is C16H22INO. The van der Waals surface area contributed by atoms with Crippen LogP contribution in [0.1, 0.15) is 55.8 Å². The van der Waals surface area contributed by atoms with Gasteiger partial charge in [-0.15, -0.1) is 0 Å². The number of halogens is 1. The molecule has 0 atom stereocenters. The first-order valence-electron chi connectivity index (χ1n) is 7.25. The van der Waals surface area contributed by atoms with Crippen LogP contribution in [0.25, 0.3) is 0 Å². The summed E-state index contributed by atoms with van der Waals surface area (Å²) in [7, 11) is 0. The lowest BCUT2D eigenvalue weighted by molar-refractivity contribution is 0.0921. The van der Waals surface area contributed by atoms with Crippen molar-refractivity contribution in [3.05, 3.63) is 33.4 Å². The fourth-order valence-corrected chi connectivity index (χ4v) is 3.23. The minimum Gasteiger partial charge on any atom is -0.349 e. The summed E-state index contributed by atoms with van der Waals surface area (Å²) in [6.45, 7) is 2.25. The van der Waals surface area contributed by atoms with Crippen LogP contribution in [0.15, 0.2) is 24.3 Å². The van der Waals surface area contributed by atoms with Gasteiger partial charge in [-0.3, -0.25) is 4.79 Å². The average molecular weight is 371 g/mol. The van der Waals surface area contributed by atoms with Gasteiger partial charge in [-0.05, 0) is 78.5 Å². The first-order valence-corrected chi connectivity index (χ1v) is 8.33. The van der Waals surface area contributed by atoms with E-state index < -0.39 is 0 Å². The van der Waals surface area contributed by atoms with Crippen molar-refractivity contribution in [2.75, 3.05) is 0 Å². The van der Waals surface area contributed by atoms with E-state index in [0.29, 0.717) is 6.04 Å². The quantitative estimate of drug-likeness (QED) is 0.782. The highest BCUT2D eigenvalue weighted by atomic mass is 127. The molecule has 1 aliphatic carbocycles. The molecule has 1 aromatic carbocycles. The first kappa shape index (κ1) is 14.8. The Labute approximate surface area is 129 Å². The molecule has 1 saturated carbocycles. The molecule has 0 unspecified atom stereocenters. The van der Waals surface area contributed by atoms with Gasteiger partial charge < -0.3 is 5.32 Å². The molecule has 1 amide bonds. The van der Waals surface area contributed by atoms with Crippen molar-refractivity contribution < 1.29 is 4.79 Å². The number of rotatable bonds is 4. The molecule has 1 aromatic rings. The SMILES string of the molecule is CCCC1CCC(NC(=O)c2ccc(I)cc2)CC1. The van der Waals surface area contributed by atoms with E-state index in [9.17, 15) is 4.79 Å². The predicted octanol–water partition coefficient (Wildman–Crippen LogP) is 4.38. The molecule has 0 heterocycles. The number of hydrogen-bond donors (Lipinski definition) is 1. The van der Waals surface area contributed by atoms with Crippen LogP contribution >= 0.6 is 22.6 Å². The number of amides is 1. The van der Waals surface area contributed by atoms with Crippen molar-refractivity contribution in [3.8, 4) is 0 Å². The Morgan fingerprint density at radius 2 is 1.84 bits per heavy atom. The summed E-state index contributed by atoms with van der Waals surface area (Å²) in [6, 6.07) is 8.14. The van der Waals surface area contributed by atoms with Gasteiger partial charge in [-0.1, -0.05) is 19.8 Å². The van der Waals surface area contributed by atoms with Gasteiger partial charge in [-0.25, -0.2) is 0 Å². The first-order chi connectivity index (χ1) is 9.19. The summed E-state index contributed by atoms with van der Waals surface area (Å²) < 4.78 is 1.16. The van der Waals surface area contributed by atoms with Crippen molar-refractivity contribution in [1.82, 2.24) is 5.32 Å². The maximum atomic E-state index is 12.1. The number of benzene rings is 1. The van der Waals surface area contributed by atoms with Crippen LogP contribution in [0.5, 0.6) is 0 Å². The molecule has 0 spiro atoms. The lowest BCUT2D eigenvalue weighted by atomic mass is 9.83. The van der Waals surface area contributed by atoms with Gasteiger partial charge in [0.2, 0.25) is 0 Å². The second kappa shape index (κ2) is 7.27. The zero-order valence-electron chi connectivity index (χ0n) is 11.5. The summed E-state index contributed by atoms with van der Waals surface area (Å²) >= 11 is 2.25. The van der Waals surface area contributed by atoms with Gasteiger partial charge in [0.05, 0.1) is 0 Å². The van der Waals surface area contributed by atoms with Gasteiger partial charge in [0.25, 0.3) is 5.91 Å². The smallest absolute Gasteiger partial charge is 0.251 e. The standard InChI is InChI=1S/C16H22INO/c1-2-3-12-4-10-15(11-5-12)18-16(19)13-6-8-14(17)9-7-13/h6-9,12,15H,2-5,10-11H2,1H3,(H,18,19). The third-order valence-corrected chi connectivity index (χ3v) is 4.70. The summed E-state index contributed by atoms with van der Waals surface area (Å²) in [6.07, 6.45) is 7.45. The molecule has 3 heteroatoms. The molecule has 1 fully saturated rings. The highest BCUT2D eigenvalue weighted by Crippen LogP contribution is 2.27. The summed E-state index contributed by atoms with van der Waals surface area (Å²) in [5, 5.41) is 3.18. The average Bonchev–Trinajstić information content (AvgIpc) is 2.42. The highest BCUT2D eigenvalue weighted by Gasteiger charge is 2.22. The molecule has 2 nitrogen and oxygen atoms in total. The molecule has 2 rings (SSSR count). The lowest BCUT2D eigenvalue weighted by Crippen LogP contribution is -2.37. The van der Waals surface area contributed by atoms with E-state index in [4.69, 9.17) is 0 Å². The van der Waals surface area contributed by atoms with Crippen LogP contribution in [0.3, 0.4) is 0 Å². The van der Waals surface area contributed by atoms with E-state index in [2.05, 4.69) is 34.8 Å². The predicted molar refractivity (Wildman–Crippen MR) is 87.3 cm³/mol. The second-order valence-electron chi connectivity index (χ2n) is 5.49. The maximum absolute atomic E-state index is 12.1. The summed E-state index contributed by atoms with van der Waals surface area (Å²) in [5.41, 5.74) is 0.774. The van der Waals surface area contributed by atoms with Crippen molar-refractivity contribution in [2.45, 2.75) is 51.5 Å². The van der Waals surface area contributed by atoms with E-state index in [1.165, 1.54) is 25.7 Å². The van der Waals surface area contributed by atoms with Gasteiger partial charge in [-0.2, -0.15) is 0 Å². The van der Waals surface area contributed by atoms with Crippen molar-refractivity contribution in [3.63, 3.8) is 0 Å². The molecule has 0 radical (unpaired) electrons. The number of carbonyl (C=O) groups is 1. The van der Waals surface area contributed by atoms with Gasteiger partial charge in [0.1, 0.15) is 0 Å². The lowest BCUT2D eigenvalue weighted by Gasteiger charge is -2.29. The van der Waals surface area contributed by atoms with Crippen LogP contribution in [-0.2, 0) is 0 Å². The van der Waals surface area contributed by atoms with Gasteiger partial charge >= 0.3 is 0 Å². The van der Waals surface area contributed by atoms with E-state index in [1.54, 1.807) is 0 Å². The molecular weight excluding hydrogens is 349 g/mol. The fourth-order valence-electron chi connectivity index (χ4n) is 2.87.